The zero-order valence-corrected chi connectivity index (χ0v) is 18.7. The Morgan fingerprint density at radius 3 is 2.62 bits per heavy atom. The van der Waals surface area contributed by atoms with E-state index in [4.69, 9.17) is 4.74 Å². The highest BCUT2D eigenvalue weighted by Crippen LogP contribution is 2.38. The molecule has 0 aliphatic carbocycles. The van der Waals surface area contributed by atoms with Gasteiger partial charge in [-0.25, -0.2) is 18.4 Å². The molecule has 4 rings (SSSR count). The van der Waals surface area contributed by atoms with Crippen LogP contribution < -0.4 is 4.74 Å². The number of aromatic nitrogens is 3. The van der Waals surface area contributed by atoms with Gasteiger partial charge in [-0.2, -0.15) is 0 Å². The molecule has 3 heterocycles. The summed E-state index contributed by atoms with van der Waals surface area (Å²) in [5.74, 6) is -0.0832. The number of nitrogens with zero attached hydrogens (tertiary/aromatic N) is 2. The van der Waals surface area contributed by atoms with Gasteiger partial charge in [-0.1, -0.05) is 19.1 Å². The SMILES string of the molecule is CCS(=O)(=O)c1cccc(-c2cnc(OCC(CO)CO)c3[nH]c4ncc(C)cc4c23)c1. The van der Waals surface area contributed by atoms with E-state index in [1.807, 2.05) is 19.1 Å². The Kier molecular flexibility index (Phi) is 6.14. The van der Waals surface area contributed by atoms with E-state index in [0.29, 0.717) is 17.0 Å². The van der Waals surface area contributed by atoms with Gasteiger partial charge < -0.3 is 19.9 Å². The number of aliphatic hydroxyl groups excluding tert-OH is 2. The first-order valence-corrected chi connectivity index (χ1v) is 12.0. The monoisotopic (exact) mass is 455 g/mol. The molecule has 0 amide bonds. The van der Waals surface area contributed by atoms with Crippen molar-refractivity contribution in [1.29, 1.82) is 0 Å². The predicted molar refractivity (Wildman–Crippen MR) is 122 cm³/mol. The highest BCUT2D eigenvalue weighted by Gasteiger charge is 2.19. The van der Waals surface area contributed by atoms with Gasteiger partial charge in [0, 0.05) is 34.6 Å². The number of sulfone groups is 1. The number of fused-ring (bicyclic) bond motifs is 3. The van der Waals surface area contributed by atoms with Crippen LogP contribution >= 0.6 is 0 Å². The van der Waals surface area contributed by atoms with Gasteiger partial charge in [0.15, 0.2) is 9.84 Å². The van der Waals surface area contributed by atoms with Crippen molar-refractivity contribution in [3.05, 3.63) is 48.3 Å². The maximum atomic E-state index is 12.4. The number of hydrogen-bond acceptors (Lipinski definition) is 7. The van der Waals surface area contributed by atoms with Crippen LogP contribution in [0.4, 0.5) is 0 Å². The minimum atomic E-state index is -3.36. The van der Waals surface area contributed by atoms with Crippen molar-refractivity contribution in [3.63, 3.8) is 0 Å². The summed E-state index contributed by atoms with van der Waals surface area (Å²) in [6.45, 7) is 3.26. The lowest BCUT2D eigenvalue weighted by Crippen LogP contribution is -2.20. The average Bonchev–Trinajstić information content (AvgIpc) is 3.19. The van der Waals surface area contributed by atoms with Gasteiger partial charge in [0.25, 0.3) is 0 Å². The van der Waals surface area contributed by atoms with Crippen LogP contribution in [-0.4, -0.2) is 59.2 Å². The molecule has 0 aliphatic rings. The minimum Gasteiger partial charge on any atom is -0.476 e. The number of aromatic amines is 1. The van der Waals surface area contributed by atoms with E-state index >= 15 is 0 Å². The van der Waals surface area contributed by atoms with Crippen LogP contribution in [0, 0.1) is 12.8 Å². The summed E-state index contributed by atoms with van der Waals surface area (Å²) >= 11 is 0. The number of aryl methyl sites for hydroxylation is 1. The first-order valence-electron chi connectivity index (χ1n) is 10.3. The number of nitrogens with one attached hydrogen (secondary N) is 1. The number of hydrogen-bond donors (Lipinski definition) is 3. The molecule has 168 valence electrons. The third kappa shape index (κ3) is 4.06. The van der Waals surface area contributed by atoms with Crippen molar-refractivity contribution in [3.8, 4) is 17.0 Å². The number of H-pyrrole nitrogens is 1. The fourth-order valence-corrected chi connectivity index (χ4v) is 4.51. The van der Waals surface area contributed by atoms with E-state index < -0.39 is 15.8 Å². The molecule has 3 aromatic heterocycles. The summed E-state index contributed by atoms with van der Waals surface area (Å²) < 4.78 is 30.7. The van der Waals surface area contributed by atoms with E-state index in [-0.39, 0.29) is 30.5 Å². The fraction of sp³-hybridized carbons (Fsp3) is 0.304. The van der Waals surface area contributed by atoms with Gasteiger partial charge in [0.1, 0.15) is 11.2 Å². The van der Waals surface area contributed by atoms with Gasteiger partial charge in [-0.05, 0) is 36.2 Å². The van der Waals surface area contributed by atoms with E-state index in [1.54, 1.807) is 37.5 Å². The zero-order chi connectivity index (χ0) is 22.9. The Balaban J connectivity index is 1.93. The quantitative estimate of drug-likeness (QED) is 0.373. The molecule has 0 bridgehead atoms. The molecule has 0 aliphatic heterocycles. The van der Waals surface area contributed by atoms with Crippen LogP contribution in [0.3, 0.4) is 0 Å². The Labute approximate surface area is 185 Å². The van der Waals surface area contributed by atoms with E-state index in [1.165, 1.54) is 0 Å². The molecule has 32 heavy (non-hydrogen) atoms. The van der Waals surface area contributed by atoms with E-state index in [0.717, 1.165) is 27.5 Å². The third-order valence-electron chi connectivity index (χ3n) is 5.44. The summed E-state index contributed by atoms with van der Waals surface area (Å²) in [7, 11) is -3.36. The van der Waals surface area contributed by atoms with Gasteiger partial charge in [-0.15, -0.1) is 0 Å². The van der Waals surface area contributed by atoms with Crippen LogP contribution in [0.1, 0.15) is 12.5 Å². The number of ether oxygens (including phenoxy) is 1. The Morgan fingerprint density at radius 1 is 1.12 bits per heavy atom. The number of rotatable bonds is 8. The minimum absolute atomic E-state index is 0.0178. The van der Waals surface area contributed by atoms with Crippen molar-refractivity contribution in [1.82, 2.24) is 15.0 Å². The first kappa shape index (κ1) is 22.2. The number of pyridine rings is 2. The molecule has 0 spiro atoms. The Hall–Kier alpha value is -3.01. The first-order chi connectivity index (χ1) is 15.4. The molecule has 0 unspecified atom stereocenters. The molecular formula is C23H25N3O5S. The fourth-order valence-electron chi connectivity index (χ4n) is 3.58. The Bertz CT molecular complexity index is 1380. The van der Waals surface area contributed by atoms with Gasteiger partial charge in [0.2, 0.25) is 5.88 Å². The molecule has 3 N–H and O–H groups in total. The third-order valence-corrected chi connectivity index (χ3v) is 7.17. The lowest BCUT2D eigenvalue weighted by Gasteiger charge is -2.14. The predicted octanol–water partition coefficient (Wildman–Crippen LogP) is 2.86. The van der Waals surface area contributed by atoms with Crippen molar-refractivity contribution in [2.24, 2.45) is 5.92 Å². The van der Waals surface area contributed by atoms with Crippen molar-refractivity contribution < 1.29 is 23.4 Å². The summed E-state index contributed by atoms with van der Waals surface area (Å²) in [6, 6.07) is 8.83. The van der Waals surface area contributed by atoms with Gasteiger partial charge in [0.05, 0.1) is 30.5 Å². The van der Waals surface area contributed by atoms with Crippen LogP contribution in [0.2, 0.25) is 0 Å². The lowest BCUT2D eigenvalue weighted by molar-refractivity contribution is 0.105. The van der Waals surface area contributed by atoms with Gasteiger partial charge >= 0.3 is 0 Å². The molecule has 0 saturated heterocycles. The largest absolute Gasteiger partial charge is 0.476 e. The smallest absolute Gasteiger partial charge is 0.238 e. The second kappa shape index (κ2) is 8.85. The topological polar surface area (TPSA) is 125 Å². The molecule has 0 saturated carbocycles. The maximum absolute atomic E-state index is 12.4. The standard InChI is InChI=1S/C23H25N3O5S/c1-3-32(29,30)17-6-4-5-16(8-17)19-10-25-23(31-13-15(11-27)12-28)21-20(19)18-7-14(2)9-24-22(18)26-21/h4-10,15,27-28H,3,11-13H2,1-2H3,(H,24,26). The summed E-state index contributed by atoms with van der Waals surface area (Å²) in [5, 5.41) is 20.4. The van der Waals surface area contributed by atoms with Crippen molar-refractivity contribution >= 4 is 31.8 Å². The molecule has 0 atom stereocenters. The van der Waals surface area contributed by atoms with Crippen LogP contribution in [-0.2, 0) is 9.84 Å². The molecule has 8 nitrogen and oxygen atoms in total. The molecular weight excluding hydrogens is 430 g/mol. The normalized spacial score (nSPS) is 12.2. The van der Waals surface area contributed by atoms with E-state index in [2.05, 4.69) is 15.0 Å². The molecule has 4 aromatic rings. The summed E-state index contributed by atoms with van der Waals surface area (Å²) in [6.07, 6.45) is 3.41. The zero-order valence-electron chi connectivity index (χ0n) is 17.9. The van der Waals surface area contributed by atoms with Crippen molar-refractivity contribution in [2.75, 3.05) is 25.6 Å². The van der Waals surface area contributed by atoms with E-state index in [9.17, 15) is 18.6 Å². The molecule has 9 heteroatoms. The van der Waals surface area contributed by atoms with Gasteiger partial charge in [-0.3, -0.25) is 0 Å². The highest BCUT2D eigenvalue weighted by molar-refractivity contribution is 7.91. The lowest BCUT2D eigenvalue weighted by atomic mass is 10.0. The van der Waals surface area contributed by atoms with Crippen LogP contribution in [0.5, 0.6) is 5.88 Å². The average molecular weight is 456 g/mol. The van der Waals surface area contributed by atoms with Crippen LogP contribution in [0.15, 0.2) is 47.6 Å². The highest BCUT2D eigenvalue weighted by atomic mass is 32.2. The Morgan fingerprint density at radius 2 is 1.91 bits per heavy atom. The number of benzene rings is 1. The summed E-state index contributed by atoms with van der Waals surface area (Å²) in [4.78, 5) is 12.5. The molecule has 1 aromatic carbocycles. The van der Waals surface area contributed by atoms with Crippen molar-refractivity contribution in [2.45, 2.75) is 18.7 Å². The molecule has 0 fully saturated rings. The summed E-state index contributed by atoms with van der Waals surface area (Å²) in [5.41, 5.74) is 3.72. The second-order valence-electron chi connectivity index (χ2n) is 7.73. The van der Waals surface area contributed by atoms with Crippen LogP contribution in [0.25, 0.3) is 33.1 Å². The number of aliphatic hydroxyl groups is 2. The second-order valence-corrected chi connectivity index (χ2v) is 10.0. The maximum Gasteiger partial charge on any atom is 0.238 e. The molecule has 0 radical (unpaired) electrons.